The smallest absolute Gasteiger partial charge is 0.369 e. The Kier molecular flexibility index (Phi) is 3.91. The molecule has 1 aromatic heterocycles. The van der Waals surface area contributed by atoms with Gasteiger partial charge in [-0.3, -0.25) is 0 Å². The molecule has 3 aromatic rings. The first-order valence-electron chi connectivity index (χ1n) is 7.83. The second kappa shape index (κ2) is 6.02. The van der Waals surface area contributed by atoms with E-state index in [2.05, 4.69) is 10.4 Å². The van der Waals surface area contributed by atoms with Gasteiger partial charge in [-0.25, -0.2) is 9.07 Å². The normalized spacial score (nSPS) is 13.6. The van der Waals surface area contributed by atoms with Gasteiger partial charge in [-0.2, -0.15) is 18.3 Å². The summed E-state index contributed by atoms with van der Waals surface area (Å²) in [5, 5.41) is 7.82. The third-order valence-electron chi connectivity index (χ3n) is 4.26. The number of halogens is 5. The highest BCUT2D eigenvalue weighted by Gasteiger charge is 2.31. The van der Waals surface area contributed by atoms with Crippen LogP contribution in [0.15, 0.2) is 42.5 Å². The molecule has 0 unspecified atom stereocenters. The number of benzene rings is 2. The molecule has 1 aliphatic heterocycles. The van der Waals surface area contributed by atoms with E-state index in [1.165, 1.54) is 28.9 Å². The van der Waals surface area contributed by atoms with Crippen molar-refractivity contribution in [1.29, 1.82) is 0 Å². The maximum absolute atomic E-state index is 13.3. The quantitative estimate of drug-likeness (QED) is 0.609. The first-order chi connectivity index (χ1) is 12.3. The van der Waals surface area contributed by atoms with Crippen molar-refractivity contribution in [3.8, 4) is 16.9 Å². The fourth-order valence-corrected chi connectivity index (χ4v) is 3.33. The van der Waals surface area contributed by atoms with Gasteiger partial charge in [-0.1, -0.05) is 17.7 Å². The van der Waals surface area contributed by atoms with E-state index in [1.807, 2.05) is 0 Å². The topological polar surface area (TPSA) is 29.9 Å². The molecule has 0 radical (unpaired) electrons. The Morgan fingerprint density at radius 1 is 1.12 bits per heavy atom. The highest BCUT2D eigenvalue weighted by molar-refractivity contribution is 6.33. The average Bonchev–Trinajstić information content (AvgIpc) is 3.17. The van der Waals surface area contributed by atoms with Crippen LogP contribution in [0.2, 0.25) is 5.02 Å². The summed E-state index contributed by atoms with van der Waals surface area (Å²) in [7, 11) is 0. The molecule has 4 rings (SSSR count). The Morgan fingerprint density at radius 3 is 2.65 bits per heavy atom. The molecule has 0 spiro atoms. The first kappa shape index (κ1) is 16.9. The monoisotopic (exact) mass is 381 g/mol. The number of nitrogens with zero attached hydrogens (tertiary/aromatic N) is 2. The van der Waals surface area contributed by atoms with Crippen LogP contribution < -0.4 is 5.32 Å². The molecule has 2 heterocycles. The van der Waals surface area contributed by atoms with Crippen LogP contribution in [0.5, 0.6) is 0 Å². The van der Waals surface area contributed by atoms with Crippen molar-refractivity contribution in [1.82, 2.24) is 9.78 Å². The molecule has 0 bridgehead atoms. The number of hydrogen-bond acceptors (Lipinski definition) is 2. The summed E-state index contributed by atoms with van der Waals surface area (Å²) in [6.45, 7) is 0.637. The Morgan fingerprint density at radius 2 is 1.92 bits per heavy atom. The van der Waals surface area contributed by atoms with Gasteiger partial charge in [0.1, 0.15) is 11.6 Å². The number of nitrogens with one attached hydrogen (secondary N) is 1. The average molecular weight is 382 g/mol. The highest BCUT2D eigenvalue weighted by atomic mass is 35.5. The van der Waals surface area contributed by atoms with Gasteiger partial charge in [0, 0.05) is 17.7 Å². The van der Waals surface area contributed by atoms with E-state index < -0.39 is 17.6 Å². The van der Waals surface area contributed by atoms with E-state index in [0.717, 1.165) is 17.7 Å². The van der Waals surface area contributed by atoms with Crippen molar-refractivity contribution < 1.29 is 17.6 Å². The molecule has 26 heavy (non-hydrogen) atoms. The maximum atomic E-state index is 13.3. The van der Waals surface area contributed by atoms with Crippen LogP contribution in [0, 0.1) is 5.82 Å². The third-order valence-corrected chi connectivity index (χ3v) is 4.57. The molecule has 2 aromatic carbocycles. The summed E-state index contributed by atoms with van der Waals surface area (Å²) in [6, 6.07) is 8.94. The molecular weight excluding hydrogens is 370 g/mol. The summed E-state index contributed by atoms with van der Waals surface area (Å²) in [6.07, 6.45) is -3.79. The van der Waals surface area contributed by atoms with Gasteiger partial charge < -0.3 is 5.32 Å². The van der Waals surface area contributed by atoms with E-state index in [-0.39, 0.29) is 10.7 Å². The predicted molar refractivity (Wildman–Crippen MR) is 91.2 cm³/mol. The fraction of sp³-hybridized carbons (Fsp3) is 0.167. The van der Waals surface area contributed by atoms with Crippen molar-refractivity contribution in [2.45, 2.75) is 12.6 Å². The molecule has 134 valence electrons. The van der Waals surface area contributed by atoms with E-state index in [1.54, 1.807) is 6.07 Å². The number of alkyl halides is 3. The lowest BCUT2D eigenvalue weighted by molar-refractivity contribution is -0.137. The van der Waals surface area contributed by atoms with Gasteiger partial charge >= 0.3 is 6.18 Å². The van der Waals surface area contributed by atoms with Crippen molar-refractivity contribution >= 4 is 17.4 Å². The van der Waals surface area contributed by atoms with Crippen molar-refractivity contribution in [2.75, 3.05) is 11.9 Å². The minimum Gasteiger partial charge on any atom is -0.369 e. The molecule has 1 N–H and O–H groups in total. The van der Waals surface area contributed by atoms with Crippen molar-refractivity contribution in [3.05, 3.63) is 64.4 Å². The molecule has 0 saturated carbocycles. The largest absolute Gasteiger partial charge is 0.416 e. The van der Waals surface area contributed by atoms with Gasteiger partial charge in [0.2, 0.25) is 0 Å². The molecule has 0 amide bonds. The van der Waals surface area contributed by atoms with Gasteiger partial charge in [0.25, 0.3) is 0 Å². The van der Waals surface area contributed by atoms with Gasteiger partial charge in [-0.15, -0.1) is 0 Å². The van der Waals surface area contributed by atoms with Crippen molar-refractivity contribution in [3.63, 3.8) is 0 Å². The summed E-state index contributed by atoms with van der Waals surface area (Å²) < 4.78 is 53.8. The number of fused-ring (bicyclic) bond motifs is 1. The Hall–Kier alpha value is -2.54. The molecule has 8 heteroatoms. The van der Waals surface area contributed by atoms with E-state index in [0.29, 0.717) is 30.0 Å². The van der Waals surface area contributed by atoms with Crippen LogP contribution in [0.4, 0.5) is 23.4 Å². The highest BCUT2D eigenvalue weighted by Crippen LogP contribution is 2.38. The number of hydrogen-bond donors (Lipinski definition) is 1. The number of rotatable bonds is 2. The molecule has 3 nitrogen and oxygen atoms in total. The zero-order chi connectivity index (χ0) is 18.5. The second-order valence-corrected chi connectivity index (χ2v) is 6.34. The molecule has 0 aliphatic carbocycles. The maximum Gasteiger partial charge on any atom is 0.416 e. The van der Waals surface area contributed by atoms with E-state index >= 15 is 0 Å². The Labute approximate surface area is 151 Å². The lowest BCUT2D eigenvalue weighted by atomic mass is 10.1. The lowest BCUT2D eigenvalue weighted by Crippen LogP contribution is -2.08. The Balaban J connectivity index is 1.87. The zero-order valence-electron chi connectivity index (χ0n) is 13.2. The van der Waals surface area contributed by atoms with Crippen LogP contribution in [0.1, 0.15) is 11.1 Å². The number of aromatic nitrogens is 2. The van der Waals surface area contributed by atoms with E-state index in [4.69, 9.17) is 11.6 Å². The number of anilines is 1. The molecule has 0 saturated heterocycles. The van der Waals surface area contributed by atoms with Crippen LogP contribution >= 0.6 is 11.6 Å². The fourth-order valence-electron chi connectivity index (χ4n) is 3.07. The zero-order valence-corrected chi connectivity index (χ0v) is 14.0. The van der Waals surface area contributed by atoms with Crippen LogP contribution in [0.25, 0.3) is 16.9 Å². The Bertz CT molecular complexity index is 995. The predicted octanol–water partition coefficient (Wildman–Crippen LogP) is 5.32. The van der Waals surface area contributed by atoms with Gasteiger partial charge in [-0.05, 0) is 42.8 Å². The van der Waals surface area contributed by atoms with Crippen LogP contribution in [-0.4, -0.2) is 16.3 Å². The van der Waals surface area contributed by atoms with Gasteiger partial charge in [0.15, 0.2) is 0 Å². The minimum absolute atomic E-state index is 0.202. The molecule has 0 fully saturated rings. The summed E-state index contributed by atoms with van der Waals surface area (Å²) >= 11 is 6.15. The summed E-state index contributed by atoms with van der Waals surface area (Å²) in [4.78, 5) is 0. The third kappa shape index (κ3) is 2.82. The van der Waals surface area contributed by atoms with E-state index in [9.17, 15) is 17.6 Å². The standard InChI is InChI=1S/C18H12ClF4N3/c19-15-9-11(20)4-5-13(15)16-14-6-7-24-17(14)26(25-16)12-3-1-2-10(8-12)18(21,22)23/h1-5,8-9,24H,6-7H2. The molecular formula is C18H12ClF4N3. The van der Waals surface area contributed by atoms with Crippen LogP contribution in [-0.2, 0) is 12.6 Å². The van der Waals surface area contributed by atoms with Crippen molar-refractivity contribution in [2.24, 2.45) is 0 Å². The molecule has 1 aliphatic rings. The molecule has 0 atom stereocenters. The summed E-state index contributed by atoms with van der Waals surface area (Å²) in [5.74, 6) is 0.158. The second-order valence-electron chi connectivity index (χ2n) is 5.94. The first-order valence-corrected chi connectivity index (χ1v) is 8.21. The lowest BCUT2D eigenvalue weighted by Gasteiger charge is -2.10. The minimum atomic E-state index is -4.44. The van der Waals surface area contributed by atoms with Gasteiger partial charge in [0.05, 0.1) is 22.0 Å². The SMILES string of the molecule is Fc1ccc(-c2nn(-c3cccc(C(F)(F)F)c3)c3c2CCN3)c(Cl)c1. The summed E-state index contributed by atoms with van der Waals surface area (Å²) in [5.41, 5.74) is 1.45. The van der Waals surface area contributed by atoms with Crippen LogP contribution in [0.3, 0.4) is 0 Å².